The van der Waals surface area contributed by atoms with E-state index in [0.717, 1.165) is 55.2 Å². The van der Waals surface area contributed by atoms with Crippen LogP contribution in [-0.4, -0.2) is 26.6 Å². The Hall–Kier alpha value is -2.76. The summed E-state index contributed by atoms with van der Waals surface area (Å²) in [5.74, 6) is -0.358. The van der Waals surface area contributed by atoms with E-state index in [1.165, 1.54) is 16.4 Å². The van der Waals surface area contributed by atoms with E-state index in [2.05, 4.69) is 0 Å². The second-order valence-electron chi connectivity index (χ2n) is 7.59. The van der Waals surface area contributed by atoms with E-state index in [1.807, 2.05) is 6.07 Å². The van der Waals surface area contributed by atoms with Crippen molar-refractivity contribution >= 4 is 17.5 Å². The van der Waals surface area contributed by atoms with E-state index in [4.69, 9.17) is 0 Å². The molecular formula is C20H20N2O4. The van der Waals surface area contributed by atoms with Crippen molar-refractivity contribution in [3.05, 3.63) is 34.9 Å². The average Bonchev–Trinajstić information content (AvgIpc) is 3.33. The molecule has 134 valence electrons. The molecule has 1 saturated carbocycles. The number of carbonyl (C=O) groups excluding carboxylic acids is 2. The fourth-order valence-corrected chi connectivity index (χ4v) is 4.62. The minimum Gasteiger partial charge on any atom is -0.494 e. The molecule has 5 rings (SSSR count). The van der Waals surface area contributed by atoms with Crippen LogP contribution in [0.15, 0.2) is 18.2 Å². The van der Waals surface area contributed by atoms with Gasteiger partial charge in [0.2, 0.25) is 23.6 Å². The lowest BCUT2D eigenvalue weighted by Crippen LogP contribution is -2.35. The normalized spacial score (nSPS) is 19.6. The molecular weight excluding hydrogens is 332 g/mol. The number of nitrogens with zero attached hydrogens (tertiary/aromatic N) is 2. The number of aromatic nitrogens is 1. The predicted molar refractivity (Wildman–Crippen MR) is 94.8 cm³/mol. The van der Waals surface area contributed by atoms with Crippen LogP contribution in [0.4, 0.5) is 5.69 Å². The first kappa shape index (κ1) is 15.5. The minimum absolute atomic E-state index is 0.0528. The molecule has 26 heavy (non-hydrogen) atoms. The number of rotatable bonds is 1. The molecule has 1 aromatic carbocycles. The number of benzene rings is 1. The molecule has 2 aliphatic carbocycles. The number of carbonyl (C=O) groups is 2. The highest BCUT2D eigenvalue weighted by molar-refractivity contribution is 6.23. The Balaban J connectivity index is 1.69. The quantitative estimate of drug-likeness (QED) is 0.827. The lowest BCUT2D eigenvalue weighted by atomic mass is 9.95. The van der Waals surface area contributed by atoms with Crippen LogP contribution < -0.4 is 4.90 Å². The SMILES string of the molecule is CC(=O)N1C(=O)C2(CC2)c2ccc(-n3c(O)c4c(c3O)CCCC4)cc21. The molecule has 2 N–H and O–H groups in total. The molecule has 0 saturated heterocycles. The van der Waals surface area contributed by atoms with Crippen molar-refractivity contribution in [3.63, 3.8) is 0 Å². The van der Waals surface area contributed by atoms with Gasteiger partial charge in [-0.15, -0.1) is 0 Å². The first-order valence-electron chi connectivity index (χ1n) is 9.10. The van der Waals surface area contributed by atoms with E-state index in [1.54, 1.807) is 12.1 Å². The van der Waals surface area contributed by atoms with Crippen LogP contribution in [0, 0.1) is 0 Å². The van der Waals surface area contributed by atoms with Gasteiger partial charge in [0.25, 0.3) is 0 Å². The van der Waals surface area contributed by atoms with Crippen LogP contribution in [0.2, 0.25) is 0 Å². The van der Waals surface area contributed by atoms with Crippen LogP contribution in [0.25, 0.3) is 5.69 Å². The Morgan fingerprint density at radius 2 is 1.69 bits per heavy atom. The summed E-state index contributed by atoms with van der Waals surface area (Å²) in [4.78, 5) is 26.0. The van der Waals surface area contributed by atoms with Crippen LogP contribution in [0.1, 0.15) is 49.3 Å². The number of hydrogen-bond donors (Lipinski definition) is 2. The monoisotopic (exact) mass is 352 g/mol. The lowest BCUT2D eigenvalue weighted by Gasteiger charge is -2.15. The Morgan fingerprint density at radius 1 is 1.08 bits per heavy atom. The highest BCUT2D eigenvalue weighted by atomic mass is 16.3. The first-order chi connectivity index (χ1) is 12.5. The minimum atomic E-state index is -0.542. The zero-order valence-corrected chi connectivity index (χ0v) is 14.6. The van der Waals surface area contributed by atoms with E-state index >= 15 is 0 Å². The molecule has 0 atom stereocenters. The molecule has 0 bridgehead atoms. The molecule has 2 aromatic rings. The summed E-state index contributed by atoms with van der Waals surface area (Å²) >= 11 is 0. The van der Waals surface area contributed by atoms with Crippen molar-refractivity contribution in [1.82, 2.24) is 4.57 Å². The largest absolute Gasteiger partial charge is 0.494 e. The summed E-state index contributed by atoms with van der Waals surface area (Å²) in [5, 5.41) is 21.3. The third kappa shape index (κ3) is 1.76. The van der Waals surface area contributed by atoms with Crippen molar-refractivity contribution in [1.29, 1.82) is 0 Å². The molecule has 0 radical (unpaired) electrons. The van der Waals surface area contributed by atoms with Crippen molar-refractivity contribution in [2.75, 3.05) is 4.90 Å². The van der Waals surface area contributed by atoms with Crippen LogP contribution in [0.3, 0.4) is 0 Å². The van der Waals surface area contributed by atoms with Crippen molar-refractivity contribution in [2.24, 2.45) is 0 Å². The van der Waals surface area contributed by atoms with Gasteiger partial charge in [0, 0.05) is 18.1 Å². The fourth-order valence-electron chi connectivity index (χ4n) is 4.62. The molecule has 2 heterocycles. The van der Waals surface area contributed by atoms with Crippen LogP contribution in [0.5, 0.6) is 11.8 Å². The van der Waals surface area contributed by atoms with E-state index in [0.29, 0.717) is 11.4 Å². The van der Waals surface area contributed by atoms with Gasteiger partial charge in [-0.2, -0.15) is 0 Å². The molecule has 1 fully saturated rings. The van der Waals surface area contributed by atoms with Gasteiger partial charge in [0.15, 0.2) is 0 Å². The summed E-state index contributed by atoms with van der Waals surface area (Å²) in [7, 11) is 0. The maximum absolute atomic E-state index is 12.7. The molecule has 2 amide bonds. The molecule has 3 aliphatic rings. The maximum Gasteiger partial charge on any atom is 0.244 e. The number of anilines is 1. The van der Waals surface area contributed by atoms with Crippen molar-refractivity contribution < 1.29 is 19.8 Å². The van der Waals surface area contributed by atoms with Gasteiger partial charge in [-0.25, -0.2) is 4.90 Å². The summed E-state index contributed by atoms with van der Waals surface area (Å²) in [6.07, 6.45) is 4.99. The number of aromatic hydroxyl groups is 2. The number of amides is 2. The second kappa shape index (κ2) is 4.90. The van der Waals surface area contributed by atoms with Gasteiger partial charge in [-0.1, -0.05) is 6.07 Å². The molecule has 6 heteroatoms. The highest BCUT2D eigenvalue weighted by Crippen LogP contribution is 2.58. The third-order valence-corrected chi connectivity index (χ3v) is 6.10. The standard InChI is InChI=1S/C20H20N2O4/c1-11(23)21-16-10-12(6-7-15(16)20(8-9-20)19(21)26)22-17(24)13-4-2-3-5-14(13)18(22)25/h6-7,10,24-25H,2-5,8-9H2,1H3. The highest BCUT2D eigenvalue weighted by Gasteiger charge is 2.60. The summed E-state index contributed by atoms with van der Waals surface area (Å²) < 4.78 is 1.43. The fraction of sp³-hybridized carbons (Fsp3) is 0.400. The van der Waals surface area contributed by atoms with Crippen molar-refractivity contribution in [2.45, 2.75) is 50.9 Å². The second-order valence-corrected chi connectivity index (χ2v) is 7.59. The van der Waals surface area contributed by atoms with Gasteiger partial charge in [-0.05, 0) is 56.2 Å². The van der Waals surface area contributed by atoms with E-state index in [-0.39, 0.29) is 23.6 Å². The third-order valence-electron chi connectivity index (χ3n) is 6.10. The molecule has 6 nitrogen and oxygen atoms in total. The topological polar surface area (TPSA) is 82.8 Å². The maximum atomic E-state index is 12.7. The van der Waals surface area contributed by atoms with Crippen LogP contribution in [-0.2, 0) is 27.8 Å². The van der Waals surface area contributed by atoms with E-state index < -0.39 is 5.41 Å². The predicted octanol–water partition coefficient (Wildman–Crippen LogP) is 2.69. The average molecular weight is 352 g/mol. The van der Waals surface area contributed by atoms with Gasteiger partial charge >= 0.3 is 0 Å². The first-order valence-corrected chi connectivity index (χ1v) is 9.10. The molecule has 1 spiro atoms. The Kier molecular flexibility index (Phi) is 2.92. The molecule has 1 aliphatic heterocycles. The van der Waals surface area contributed by atoms with Gasteiger partial charge in [0.1, 0.15) is 0 Å². The van der Waals surface area contributed by atoms with E-state index in [9.17, 15) is 19.8 Å². The Morgan fingerprint density at radius 3 is 2.23 bits per heavy atom. The van der Waals surface area contributed by atoms with Crippen LogP contribution >= 0.6 is 0 Å². The van der Waals surface area contributed by atoms with Gasteiger partial charge in [0.05, 0.1) is 16.8 Å². The number of imide groups is 1. The van der Waals surface area contributed by atoms with Gasteiger partial charge in [-0.3, -0.25) is 14.2 Å². The number of hydrogen-bond acceptors (Lipinski definition) is 4. The molecule has 0 unspecified atom stereocenters. The summed E-state index contributed by atoms with van der Waals surface area (Å²) in [6, 6.07) is 5.39. The van der Waals surface area contributed by atoms with Gasteiger partial charge < -0.3 is 10.2 Å². The zero-order valence-electron chi connectivity index (χ0n) is 14.6. The summed E-state index contributed by atoms with van der Waals surface area (Å²) in [6.45, 7) is 1.39. The lowest BCUT2D eigenvalue weighted by molar-refractivity contribution is -0.126. The Labute approximate surface area is 150 Å². The summed E-state index contributed by atoms with van der Waals surface area (Å²) in [5.41, 5.74) is 3.06. The Bertz CT molecular complexity index is 955. The zero-order chi connectivity index (χ0) is 18.2. The smallest absolute Gasteiger partial charge is 0.244 e. The van der Waals surface area contributed by atoms with Crippen molar-refractivity contribution in [3.8, 4) is 17.4 Å². The number of fused-ring (bicyclic) bond motifs is 3. The molecule has 1 aromatic heterocycles.